The van der Waals surface area contributed by atoms with Gasteiger partial charge in [-0.05, 0) is 60.4 Å². The summed E-state index contributed by atoms with van der Waals surface area (Å²) in [5.41, 5.74) is 2.04. The second-order valence-electron chi connectivity index (χ2n) is 7.47. The number of hydrogen-bond donors (Lipinski definition) is 0. The highest BCUT2D eigenvalue weighted by molar-refractivity contribution is 6.42. The van der Waals surface area contributed by atoms with Crippen LogP contribution in [0.4, 0.5) is 0 Å². The third-order valence-corrected chi connectivity index (χ3v) is 5.95. The molecule has 0 saturated heterocycles. The lowest BCUT2D eigenvalue weighted by Crippen LogP contribution is -2.20. The fraction of sp³-hybridized carbons (Fsp3) is 0.217. The lowest BCUT2D eigenvalue weighted by molar-refractivity contribution is 0.102. The first-order valence-electron chi connectivity index (χ1n) is 8.68. The monoisotopic (exact) mass is 468 g/mol. The van der Waals surface area contributed by atoms with Crippen LogP contribution < -0.4 is 0 Å². The van der Waals surface area contributed by atoms with Gasteiger partial charge in [0.15, 0.2) is 11.6 Å². The van der Waals surface area contributed by atoms with Gasteiger partial charge in [-0.3, -0.25) is 9.59 Å². The zero-order chi connectivity index (χ0) is 22.3. The van der Waals surface area contributed by atoms with E-state index in [9.17, 15) is 9.59 Å². The molecule has 0 aliphatic rings. The van der Waals surface area contributed by atoms with Gasteiger partial charge in [0.1, 0.15) is 0 Å². The first-order valence-corrected chi connectivity index (χ1v) is 10.2. The van der Waals surface area contributed by atoms with E-state index in [1.165, 1.54) is 0 Å². The van der Waals surface area contributed by atoms with E-state index < -0.39 is 5.41 Å². The Bertz CT molecular complexity index is 935. The van der Waals surface area contributed by atoms with E-state index in [0.29, 0.717) is 11.1 Å². The molecule has 6 heteroatoms. The summed E-state index contributed by atoms with van der Waals surface area (Å²) in [5.74, 6) is -0.615. The van der Waals surface area contributed by atoms with Gasteiger partial charge in [0.2, 0.25) is 0 Å². The molecule has 0 atom stereocenters. The van der Waals surface area contributed by atoms with Crippen molar-refractivity contribution in [2.75, 3.05) is 0 Å². The van der Waals surface area contributed by atoms with Gasteiger partial charge in [-0.25, -0.2) is 0 Å². The van der Waals surface area contributed by atoms with E-state index in [4.69, 9.17) is 46.4 Å². The molecule has 0 N–H and O–H groups in total. The molecule has 0 unspecified atom stereocenters. The molecule has 0 bridgehead atoms. The zero-order valence-electron chi connectivity index (χ0n) is 16.6. The highest BCUT2D eigenvalue weighted by Gasteiger charge is 2.29. The summed E-state index contributed by atoms with van der Waals surface area (Å²) in [7, 11) is 0. The minimum atomic E-state index is -0.615. The number of halogens is 4. The topological polar surface area (TPSA) is 34.1 Å². The first kappa shape index (κ1) is 23.7. The molecule has 0 spiro atoms. The van der Waals surface area contributed by atoms with Crippen LogP contribution in [0.1, 0.15) is 59.5 Å². The van der Waals surface area contributed by atoms with Gasteiger partial charge in [0.05, 0.1) is 31.2 Å². The SMILES string of the molecule is C=C(C)C(=O)c1c(Cl)cc(C(C)(C)c2cc(Cl)c(C(=O)C(=C)C)c(Cl)c2)cc1Cl. The number of carbonyl (C=O) groups is 2. The molecule has 2 aromatic carbocycles. The number of hydrogen-bond acceptors (Lipinski definition) is 2. The van der Waals surface area contributed by atoms with E-state index in [1.54, 1.807) is 38.1 Å². The Balaban J connectivity index is 2.62. The van der Waals surface area contributed by atoms with Crippen molar-refractivity contribution in [2.45, 2.75) is 33.1 Å². The highest BCUT2D eigenvalue weighted by Crippen LogP contribution is 2.40. The molecule has 0 fully saturated rings. The predicted molar refractivity (Wildman–Crippen MR) is 123 cm³/mol. The van der Waals surface area contributed by atoms with E-state index >= 15 is 0 Å². The largest absolute Gasteiger partial charge is 0.289 e. The predicted octanol–water partition coefficient (Wildman–Crippen LogP) is 8.14. The van der Waals surface area contributed by atoms with Crippen molar-refractivity contribution in [3.8, 4) is 0 Å². The Morgan fingerprint density at radius 3 is 1.14 bits per heavy atom. The van der Waals surface area contributed by atoms with Crippen LogP contribution in [0.2, 0.25) is 20.1 Å². The third-order valence-electron chi connectivity index (χ3n) is 4.76. The number of ketones is 2. The van der Waals surface area contributed by atoms with Crippen molar-refractivity contribution in [3.05, 3.63) is 90.9 Å². The number of Topliss-reactive ketones (excluding diaryl/α,β-unsaturated/α-hetero) is 2. The second-order valence-corrected chi connectivity index (χ2v) is 9.10. The average molecular weight is 470 g/mol. The smallest absolute Gasteiger partial charge is 0.191 e. The molecule has 2 rings (SSSR count). The minimum Gasteiger partial charge on any atom is -0.289 e. The molecule has 0 aliphatic heterocycles. The van der Waals surface area contributed by atoms with Crippen LogP contribution in [0, 0.1) is 0 Å². The van der Waals surface area contributed by atoms with Crippen LogP contribution >= 0.6 is 46.4 Å². The molecule has 152 valence electrons. The van der Waals surface area contributed by atoms with Gasteiger partial charge in [-0.1, -0.05) is 73.4 Å². The Morgan fingerprint density at radius 2 is 0.931 bits per heavy atom. The summed E-state index contributed by atoms with van der Waals surface area (Å²) >= 11 is 25.5. The molecule has 0 aliphatic carbocycles. The summed E-state index contributed by atoms with van der Waals surface area (Å²) in [5, 5.41) is 0.944. The van der Waals surface area contributed by atoms with E-state index in [-0.39, 0.29) is 42.8 Å². The Labute approximate surface area is 191 Å². The van der Waals surface area contributed by atoms with Gasteiger partial charge in [0, 0.05) is 5.41 Å². The molecule has 29 heavy (non-hydrogen) atoms. The van der Waals surface area contributed by atoms with Crippen molar-refractivity contribution in [1.82, 2.24) is 0 Å². The van der Waals surface area contributed by atoms with E-state index in [0.717, 1.165) is 11.1 Å². The maximum atomic E-state index is 12.3. The van der Waals surface area contributed by atoms with Crippen molar-refractivity contribution >= 4 is 58.0 Å². The molecular formula is C23H20Cl4O2. The first-order chi connectivity index (χ1) is 13.3. The summed E-state index contributed by atoms with van der Waals surface area (Å²) < 4.78 is 0. The number of rotatable bonds is 6. The summed E-state index contributed by atoms with van der Waals surface area (Å²) in [6.07, 6.45) is 0. The average Bonchev–Trinajstić information content (AvgIpc) is 2.59. The van der Waals surface area contributed by atoms with Gasteiger partial charge >= 0.3 is 0 Å². The summed E-state index contributed by atoms with van der Waals surface area (Å²) in [6, 6.07) is 6.77. The Morgan fingerprint density at radius 1 is 0.690 bits per heavy atom. The quantitative estimate of drug-likeness (QED) is 0.316. The number of benzene rings is 2. The number of allylic oxidation sites excluding steroid dienone is 2. The molecular weight excluding hydrogens is 450 g/mol. The van der Waals surface area contributed by atoms with Crippen LogP contribution in [0.25, 0.3) is 0 Å². The molecule has 0 saturated carbocycles. The van der Waals surface area contributed by atoms with Crippen LogP contribution in [-0.2, 0) is 5.41 Å². The summed E-state index contributed by atoms with van der Waals surface area (Å²) in [4.78, 5) is 24.6. The van der Waals surface area contributed by atoms with Crippen LogP contribution in [0.5, 0.6) is 0 Å². The second kappa shape index (κ2) is 8.65. The van der Waals surface area contributed by atoms with E-state index in [1.807, 2.05) is 13.8 Å². The standard InChI is InChI=1S/C23H20Cl4O2/c1-11(2)21(28)19-15(24)7-13(8-16(19)25)23(5,6)14-9-17(26)20(18(27)10-14)22(29)12(3)4/h7-10H,1,3H2,2,4-6H3. The van der Waals surface area contributed by atoms with Gasteiger partial charge in [-0.15, -0.1) is 0 Å². The van der Waals surface area contributed by atoms with Gasteiger partial charge in [-0.2, -0.15) is 0 Å². The normalized spacial score (nSPS) is 11.3. The maximum Gasteiger partial charge on any atom is 0.191 e. The fourth-order valence-corrected chi connectivity index (χ4v) is 4.21. The van der Waals surface area contributed by atoms with Gasteiger partial charge < -0.3 is 0 Å². The molecule has 0 heterocycles. The van der Waals surface area contributed by atoms with Gasteiger partial charge in [0.25, 0.3) is 0 Å². The lowest BCUT2D eigenvalue weighted by atomic mass is 9.77. The Hall–Kier alpha value is -1.58. The molecule has 0 amide bonds. The maximum absolute atomic E-state index is 12.3. The van der Waals surface area contributed by atoms with E-state index in [2.05, 4.69) is 13.2 Å². The van der Waals surface area contributed by atoms with Crippen molar-refractivity contribution < 1.29 is 9.59 Å². The molecule has 2 aromatic rings. The van der Waals surface area contributed by atoms with Crippen molar-refractivity contribution in [1.29, 1.82) is 0 Å². The molecule has 0 radical (unpaired) electrons. The van der Waals surface area contributed by atoms with Crippen LogP contribution in [-0.4, -0.2) is 11.6 Å². The fourth-order valence-electron chi connectivity index (χ4n) is 2.90. The lowest BCUT2D eigenvalue weighted by Gasteiger charge is -2.28. The molecule has 0 aromatic heterocycles. The zero-order valence-corrected chi connectivity index (χ0v) is 19.6. The van der Waals surface area contributed by atoms with Crippen molar-refractivity contribution in [2.24, 2.45) is 0 Å². The Kier molecular flexibility index (Phi) is 7.07. The molecule has 2 nitrogen and oxygen atoms in total. The third kappa shape index (κ3) is 4.62. The van der Waals surface area contributed by atoms with Crippen LogP contribution in [0.3, 0.4) is 0 Å². The number of carbonyl (C=O) groups excluding carboxylic acids is 2. The van der Waals surface area contributed by atoms with Crippen LogP contribution in [0.15, 0.2) is 48.6 Å². The minimum absolute atomic E-state index is 0.221. The highest BCUT2D eigenvalue weighted by atomic mass is 35.5. The van der Waals surface area contributed by atoms with Crippen molar-refractivity contribution in [3.63, 3.8) is 0 Å². The summed E-state index contributed by atoms with van der Waals surface area (Å²) in [6.45, 7) is 14.4.